The Morgan fingerprint density at radius 3 is 2.69 bits per heavy atom. The standard InChI is InChI=1S/C35H34BrN9O4/c1-21(46)32-27-13-23(25-15-37-22(2)38-16-25)6-8-28(27)45(42-32)17-31(47)44-20-35(3)14-29(44)34(48)40-33-24(7-9-30(36)39-33)18-49-12-4-5-26-10-11-43(19-35)41-26/h4-11,13,15-16,29H,12,14,17-20H2,1-3H3,(H,39,40,48)/b5-4+/t29-,35+/m0/s1. The number of likely N-dealkylation sites (tertiary alicyclic amines) is 1. The van der Waals surface area contributed by atoms with Gasteiger partial charge in [-0.3, -0.25) is 23.7 Å². The minimum Gasteiger partial charge on any atom is -0.373 e. The quantitative estimate of drug-likeness (QED) is 0.203. The van der Waals surface area contributed by atoms with Crippen molar-refractivity contribution in [2.75, 3.05) is 18.5 Å². The molecule has 6 heterocycles. The molecule has 0 spiro atoms. The molecule has 2 aliphatic rings. The number of benzene rings is 1. The molecule has 7 rings (SSSR count). The lowest BCUT2D eigenvalue weighted by Gasteiger charge is -2.25. The highest BCUT2D eigenvalue weighted by Crippen LogP contribution is 2.37. The monoisotopic (exact) mass is 723 g/mol. The second-order valence-electron chi connectivity index (χ2n) is 12.9. The van der Waals surface area contributed by atoms with Crippen LogP contribution in [-0.4, -0.2) is 76.2 Å². The van der Waals surface area contributed by atoms with Crippen LogP contribution < -0.4 is 5.32 Å². The number of hydrogen-bond donors (Lipinski definition) is 1. The average Bonchev–Trinajstić information content (AvgIpc) is 3.77. The lowest BCUT2D eigenvalue weighted by atomic mass is 9.87. The molecule has 13 nitrogen and oxygen atoms in total. The summed E-state index contributed by atoms with van der Waals surface area (Å²) < 4.78 is 9.80. The number of nitrogens with zero attached hydrogens (tertiary/aromatic N) is 8. The lowest BCUT2D eigenvalue weighted by Crippen LogP contribution is -2.45. The first-order valence-corrected chi connectivity index (χ1v) is 16.7. The number of carbonyl (C=O) groups excluding carboxylic acids is 3. The van der Waals surface area contributed by atoms with Crippen LogP contribution in [0.5, 0.6) is 0 Å². The zero-order valence-corrected chi connectivity index (χ0v) is 28.8. The molecular weight excluding hydrogens is 690 g/mol. The van der Waals surface area contributed by atoms with Crippen molar-refractivity contribution in [3.63, 3.8) is 0 Å². The number of Topliss-reactive ketones (excluding diaryl/α,β-unsaturated/α-hetero) is 1. The molecule has 2 atom stereocenters. The summed E-state index contributed by atoms with van der Waals surface area (Å²) in [5, 5.41) is 12.9. The number of carbonyl (C=O) groups is 3. The van der Waals surface area contributed by atoms with Gasteiger partial charge in [-0.2, -0.15) is 10.2 Å². The molecule has 0 radical (unpaired) electrons. The highest BCUT2D eigenvalue weighted by Gasteiger charge is 2.47. The van der Waals surface area contributed by atoms with Gasteiger partial charge in [0.1, 0.15) is 34.5 Å². The van der Waals surface area contributed by atoms with Gasteiger partial charge in [0.15, 0.2) is 5.78 Å². The third kappa shape index (κ3) is 6.78. The molecule has 4 bridgehead atoms. The van der Waals surface area contributed by atoms with E-state index >= 15 is 0 Å². The highest BCUT2D eigenvalue weighted by molar-refractivity contribution is 9.10. The van der Waals surface area contributed by atoms with Gasteiger partial charge in [0.2, 0.25) is 11.8 Å². The number of pyridine rings is 1. The van der Waals surface area contributed by atoms with Gasteiger partial charge in [-0.15, -0.1) is 0 Å². The van der Waals surface area contributed by atoms with Crippen LogP contribution in [0.2, 0.25) is 0 Å². The van der Waals surface area contributed by atoms with Gasteiger partial charge in [-0.25, -0.2) is 15.0 Å². The smallest absolute Gasteiger partial charge is 0.248 e. The first kappa shape index (κ1) is 32.5. The summed E-state index contributed by atoms with van der Waals surface area (Å²) >= 11 is 3.41. The summed E-state index contributed by atoms with van der Waals surface area (Å²) in [5.41, 5.74) is 3.53. The van der Waals surface area contributed by atoms with Crippen LogP contribution in [0.1, 0.15) is 47.8 Å². The molecule has 4 aromatic heterocycles. The van der Waals surface area contributed by atoms with E-state index in [2.05, 4.69) is 48.2 Å². The highest BCUT2D eigenvalue weighted by atomic mass is 79.9. The normalized spacial score (nSPS) is 20.2. The Bertz CT molecular complexity index is 2120. The van der Waals surface area contributed by atoms with Crippen molar-refractivity contribution < 1.29 is 19.1 Å². The van der Waals surface area contributed by atoms with Crippen LogP contribution in [-0.2, 0) is 34.0 Å². The Morgan fingerprint density at radius 2 is 1.90 bits per heavy atom. The van der Waals surface area contributed by atoms with Gasteiger partial charge in [-0.05, 0) is 65.2 Å². The van der Waals surface area contributed by atoms with E-state index in [9.17, 15) is 14.4 Å². The zero-order valence-electron chi connectivity index (χ0n) is 27.3. The van der Waals surface area contributed by atoms with Gasteiger partial charge in [0, 0.05) is 60.5 Å². The van der Waals surface area contributed by atoms with Crippen LogP contribution >= 0.6 is 15.9 Å². The van der Waals surface area contributed by atoms with Gasteiger partial charge < -0.3 is 15.0 Å². The van der Waals surface area contributed by atoms with Crippen molar-refractivity contribution in [3.8, 4) is 11.1 Å². The van der Waals surface area contributed by atoms with Crippen LogP contribution in [0, 0.1) is 12.3 Å². The number of anilines is 1. The zero-order chi connectivity index (χ0) is 34.3. The molecule has 250 valence electrons. The molecule has 49 heavy (non-hydrogen) atoms. The molecule has 5 aromatic rings. The molecule has 1 fully saturated rings. The second kappa shape index (κ2) is 13.1. The molecule has 0 unspecified atom stereocenters. The molecule has 2 amide bonds. The fourth-order valence-electron chi connectivity index (χ4n) is 6.51. The van der Waals surface area contributed by atoms with Crippen LogP contribution in [0.4, 0.5) is 5.82 Å². The van der Waals surface area contributed by atoms with Crippen molar-refractivity contribution in [1.82, 2.24) is 39.4 Å². The Morgan fingerprint density at radius 1 is 1.08 bits per heavy atom. The largest absolute Gasteiger partial charge is 0.373 e. The Labute approximate surface area is 290 Å². The summed E-state index contributed by atoms with van der Waals surface area (Å²) in [6, 6.07) is 10.4. The number of aryl methyl sites for hydroxylation is 1. The van der Waals surface area contributed by atoms with Gasteiger partial charge in [0.05, 0.1) is 24.4 Å². The van der Waals surface area contributed by atoms with Crippen molar-refractivity contribution in [2.45, 2.75) is 52.9 Å². The van der Waals surface area contributed by atoms with Crippen LogP contribution in [0.3, 0.4) is 0 Å². The number of hydrogen-bond acceptors (Lipinski definition) is 9. The van der Waals surface area contributed by atoms with Crippen molar-refractivity contribution in [1.29, 1.82) is 0 Å². The average molecular weight is 725 g/mol. The molecule has 14 heteroatoms. The third-order valence-electron chi connectivity index (χ3n) is 8.87. The Hall–Kier alpha value is -5.08. The Balaban J connectivity index is 1.22. The summed E-state index contributed by atoms with van der Waals surface area (Å²) in [7, 11) is 0. The number of aromatic nitrogens is 7. The topological polar surface area (TPSA) is 150 Å². The van der Waals surface area contributed by atoms with Gasteiger partial charge in [-0.1, -0.05) is 25.1 Å². The molecule has 1 N–H and O–H groups in total. The summed E-state index contributed by atoms with van der Waals surface area (Å²) in [6.07, 6.45) is 9.56. The second-order valence-corrected chi connectivity index (χ2v) is 13.7. The molecule has 1 saturated heterocycles. The predicted molar refractivity (Wildman–Crippen MR) is 185 cm³/mol. The fraction of sp³-hybridized carbons (Fsp3) is 0.314. The van der Waals surface area contributed by atoms with E-state index < -0.39 is 11.5 Å². The lowest BCUT2D eigenvalue weighted by molar-refractivity contribution is -0.137. The van der Waals surface area contributed by atoms with E-state index in [1.165, 1.54) is 6.92 Å². The summed E-state index contributed by atoms with van der Waals surface area (Å²) in [4.78, 5) is 55.8. The van der Waals surface area contributed by atoms with Gasteiger partial charge in [0.25, 0.3) is 0 Å². The maximum atomic E-state index is 14.3. The van der Waals surface area contributed by atoms with E-state index in [1.54, 1.807) is 28.0 Å². The molecule has 0 aliphatic carbocycles. The number of ether oxygens (including phenoxy) is 1. The van der Waals surface area contributed by atoms with E-state index in [0.29, 0.717) is 58.8 Å². The van der Waals surface area contributed by atoms with E-state index in [-0.39, 0.29) is 36.4 Å². The van der Waals surface area contributed by atoms with E-state index in [1.807, 2.05) is 60.3 Å². The Kier molecular flexibility index (Phi) is 8.67. The fourth-order valence-corrected chi connectivity index (χ4v) is 6.82. The first-order chi connectivity index (χ1) is 23.5. The number of amides is 2. The maximum Gasteiger partial charge on any atom is 0.248 e. The first-order valence-electron chi connectivity index (χ1n) is 15.9. The summed E-state index contributed by atoms with van der Waals surface area (Å²) in [5.74, 6) is 0.150. The van der Waals surface area contributed by atoms with E-state index in [4.69, 9.17) is 9.84 Å². The number of nitrogens with one attached hydrogen (secondary N) is 1. The minimum absolute atomic E-state index is 0.165. The minimum atomic E-state index is -0.794. The summed E-state index contributed by atoms with van der Waals surface area (Å²) in [6.45, 7) is 6.55. The maximum absolute atomic E-state index is 14.3. The molecule has 2 aliphatic heterocycles. The van der Waals surface area contributed by atoms with Crippen molar-refractivity contribution in [2.24, 2.45) is 5.41 Å². The third-order valence-corrected chi connectivity index (χ3v) is 9.31. The number of ketones is 1. The number of rotatable bonds is 4. The van der Waals surface area contributed by atoms with Crippen LogP contribution in [0.25, 0.3) is 28.1 Å². The molecular formula is C35H34BrN9O4. The van der Waals surface area contributed by atoms with Crippen molar-refractivity contribution in [3.05, 3.63) is 88.4 Å². The van der Waals surface area contributed by atoms with E-state index in [0.717, 1.165) is 16.8 Å². The molecule has 1 aromatic carbocycles. The van der Waals surface area contributed by atoms with Crippen LogP contribution in [0.15, 0.2) is 65.7 Å². The number of fused-ring (bicyclic) bond motifs is 6. The molecule has 0 saturated carbocycles. The number of halogens is 1. The SMILES string of the molecule is CC(=O)c1nn(CC(=O)N2C[C@]3(C)C[C@H]2C(=O)Nc2nc(Br)ccc2COC/C=C/c2ccn(n2)C3)c2ccc(-c3cnc(C)nc3)cc12. The van der Waals surface area contributed by atoms with Crippen molar-refractivity contribution >= 4 is 56.3 Å². The van der Waals surface area contributed by atoms with Gasteiger partial charge >= 0.3 is 0 Å². The predicted octanol–water partition coefficient (Wildman–Crippen LogP) is 4.85.